The van der Waals surface area contributed by atoms with Crippen LogP contribution in [-0.4, -0.2) is 15.9 Å². The van der Waals surface area contributed by atoms with Crippen LogP contribution in [0.1, 0.15) is 21.7 Å². The fourth-order valence-corrected chi connectivity index (χ4v) is 2.14. The molecule has 0 atom stereocenters. The van der Waals surface area contributed by atoms with Gasteiger partial charge in [-0.1, -0.05) is 12.1 Å². The van der Waals surface area contributed by atoms with E-state index in [1.165, 1.54) is 18.2 Å². The lowest BCUT2D eigenvalue weighted by Crippen LogP contribution is -2.23. The number of carbonyl (C=O) groups is 1. The zero-order valence-electron chi connectivity index (χ0n) is 11.5. The van der Waals surface area contributed by atoms with Gasteiger partial charge in [0.1, 0.15) is 11.6 Å². The Morgan fingerprint density at radius 2 is 2.10 bits per heavy atom. The van der Waals surface area contributed by atoms with Crippen molar-refractivity contribution in [2.75, 3.05) is 0 Å². The highest BCUT2D eigenvalue weighted by atomic mass is 19.1. The number of aryl methyl sites for hydroxylation is 1. The molecule has 1 heterocycles. The summed E-state index contributed by atoms with van der Waals surface area (Å²) < 4.78 is 13.2. The van der Waals surface area contributed by atoms with Crippen LogP contribution >= 0.6 is 0 Å². The van der Waals surface area contributed by atoms with Gasteiger partial charge >= 0.3 is 0 Å². The van der Waals surface area contributed by atoms with Gasteiger partial charge in [0.05, 0.1) is 17.6 Å². The van der Waals surface area contributed by atoms with Crippen molar-refractivity contribution in [2.45, 2.75) is 13.5 Å². The van der Waals surface area contributed by atoms with Gasteiger partial charge in [0.2, 0.25) is 0 Å². The molecule has 2 N–H and O–H groups in total. The number of halogens is 1. The molecule has 106 valence electrons. The molecule has 0 aliphatic carbocycles. The zero-order valence-corrected chi connectivity index (χ0v) is 11.5. The van der Waals surface area contributed by atoms with Crippen molar-refractivity contribution < 1.29 is 9.18 Å². The lowest BCUT2D eigenvalue weighted by atomic mass is 10.1. The minimum Gasteiger partial charge on any atom is -0.345 e. The number of fused-ring (bicyclic) bond motifs is 1. The fourth-order valence-electron chi connectivity index (χ4n) is 2.14. The number of imidazole rings is 1. The zero-order chi connectivity index (χ0) is 14.8. The summed E-state index contributed by atoms with van der Waals surface area (Å²) in [7, 11) is 0. The standard InChI is InChI=1S/C16H14FN3O/c1-10-8-11(6-7-12(10)17)16(21)18-9-15-19-13-4-2-3-5-14(13)20-15/h2-8H,9H2,1H3,(H,18,21)(H,19,20). The van der Waals surface area contributed by atoms with Crippen LogP contribution < -0.4 is 5.32 Å². The monoisotopic (exact) mass is 283 g/mol. The third kappa shape index (κ3) is 2.76. The molecule has 5 heteroatoms. The predicted molar refractivity (Wildman–Crippen MR) is 78.4 cm³/mol. The fraction of sp³-hybridized carbons (Fsp3) is 0.125. The summed E-state index contributed by atoms with van der Waals surface area (Å²) in [5.41, 5.74) is 2.68. The first-order valence-electron chi connectivity index (χ1n) is 6.61. The average Bonchev–Trinajstić information content (AvgIpc) is 2.90. The molecule has 21 heavy (non-hydrogen) atoms. The van der Waals surface area contributed by atoms with E-state index in [0.717, 1.165) is 11.0 Å². The van der Waals surface area contributed by atoms with Gasteiger partial charge in [0.25, 0.3) is 5.91 Å². The molecule has 0 unspecified atom stereocenters. The summed E-state index contributed by atoms with van der Waals surface area (Å²) in [5.74, 6) is 0.116. The maximum atomic E-state index is 13.2. The van der Waals surface area contributed by atoms with Crippen LogP contribution in [0.15, 0.2) is 42.5 Å². The van der Waals surface area contributed by atoms with Gasteiger partial charge in [-0.15, -0.1) is 0 Å². The Labute approximate surface area is 121 Å². The Morgan fingerprint density at radius 3 is 2.86 bits per heavy atom. The number of carbonyl (C=O) groups excluding carboxylic acids is 1. The van der Waals surface area contributed by atoms with Crippen LogP contribution in [0.2, 0.25) is 0 Å². The van der Waals surface area contributed by atoms with Gasteiger partial charge in [-0.25, -0.2) is 9.37 Å². The van der Waals surface area contributed by atoms with Crippen molar-refractivity contribution >= 4 is 16.9 Å². The molecule has 4 nitrogen and oxygen atoms in total. The van der Waals surface area contributed by atoms with Crippen LogP contribution in [0.5, 0.6) is 0 Å². The number of aromatic amines is 1. The number of nitrogens with zero attached hydrogens (tertiary/aromatic N) is 1. The minimum atomic E-state index is -0.316. The highest BCUT2D eigenvalue weighted by molar-refractivity contribution is 5.94. The first kappa shape index (κ1) is 13.3. The van der Waals surface area contributed by atoms with E-state index in [9.17, 15) is 9.18 Å². The molecule has 0 saturated carbocycles. The normalized spacial score (nSPS) is 10.8. The van der Waals surface area contributed by atoms with Gasteiger partial charge < -0.3 is 10.3 Å². The Bertz CT molecular complexity index is 777. The molecule has 0 fully saturated rings. The summed E-state index contributed by atoms with van der Waals surface area (Å²) in [6.07, 6.45) is 0. The molecule has 0 spiro atoms. The van der Waals surface area contributed by atoms with Crippen molar-refractivity contribution in [3.63, 3.8) is 0 Å². The quantitative estimate of drug-likeness (QED) is 0.776. The van der Waals surface area contributed by atoms with Gasteiger partial charge in [-0.3, -0.25) is 4.79 Å². The van der Waals surface area contributed by atoms with E-state index >= 15 is 0 Å². The number of nitrogens with one attached hydrogen (secondary N) is 2. The molecule has 2 aromatic carbocycles. The summed E-state index contributed by atoms with van der Waals surface area (Å²) in [6, 6.07) is 12.0. The van der Waals surface area contributed by atoms with E-state index in [2.05, 4.69) is 15.3 Å². The number of rotatable bonds is 3. The van der Waals surface area contributed by atoms with Crippen molar-refractivity contribution in [2.24, 2.45) is 0 Å². The number of hydrogen-bond donors (Lipinski definition) is 2. The lowest BCUT2D eigenvalue weighted by molar-refractivity contribution is 0.0950. The number of amides is 1. The lowest BCUT2D eigenvalue weighted by Gasteiger charge is -2.04. The van der Waals surface area contributed by atoms with Crippen LogP contribution in [0.3, 0.4) is 0 Å². The smallest absolute Gasteiger partial charge is 0.251 e. The summed E-state index contributed by atoms with van der Waals surface area (Å²) in [5, 5.41) is 2.77. The Kier molecular flexibility index (Phi) is 3.39. The van der Waals surface area contributed by atoms with Gasteiger partial charge in [0.15, 0.2) is 0 Å². The number of hydrogen-bond acceptors (Lipinski definition) is 2. The predicted octanol–water partition coefficient (Wildman–Crippen LogP) is 2.94. The van der Waals surface area contributed by atoms with E-state index in [-0.39, 0.29) is 11.7 Å². The Hall–Kier alpha value is -2.69. The SMILES string of the molecule is Cc1cc(C(=O)NCc2nc3ccccc3[nH]2)ccc1F. The van der Waals surface area contributed by atoms with E-state index in [1.54, 1.807) is 6.92 Å². The molecule has 0 bridgehead atoms. The van der Waals surface area contributed by atoms with Gasteiger partial charge in [-0.2, -0.15) is 0 Å². The molecule has 3 rings (SSSR count). The maximum absolute atomic E-state index is 13.2. The first-order chi connectivity index (χ1) is 10.1. The van der Waals surface area contributed by atoms with Crippen molar-refractivity contribution in [1.82, 2.24) is 15.3 Å². The summed E-state index contributed by atoms with van der Waals surface area (Å²) in [4.78, 5) is 19.5. The molecule has 1 aromatic heterocycles. The van der Waals surface area contributed by atoms with Gasteiger partial charge in [0, 0.05) is 5.56 Å². The first-order valence-corrected chi connectivity index (χ1v) is 6.61. The van der Waals surface area contributed by atoms with E-state index in [0.29, 0.717) is 23.5 Å². The molecule has 0 aliphatic rings. The summed E-state index contributed by atoms with van der Waals surface area (Å²) in [6.45, 7) is 1.93. The average molecular weight is 283 g/mol. The number of benzene rings is 2. The topological polar surface area (TPSA) is 57.8 Å². The summed E-state index contributed by atoms with van der Waals surface area (Å²) >= 11 is 0. The van der Waals surface area contributed by atoms with Crippen molar-refractivity contribution in [3.8, 4) is 0 Å². The molecular weight excluding hydrogens is 269 g/mol. The number of para-hydroxylation sites is 2. The highest BCUT2D eigenvalue weighted by Gasteiger charge is 2.09. The van der Waals surface area contributed by atoms with Gasteiger partial charge in [-0.05, 0) is 42.8 Å². The van der Waals surface area contributed by atoms with Crippen LogP contribution in [-0.2, 0) is 6.54 Å². The molecule has 1 amide bonds. The Morgan fingerprint density at radius 1 is 1.29 bits per heavy atom. The second kappa shape index (κ2) is 5.36. The number of aromatic nitrogens is 2. The Balaban J connectivity index is 1.71. The van der Waals surface area contributed by atoms with E-state index < -0.39 is 0 Å². The molecule has 0 radical (unpaired) electrons. The van der Waals surface area contributed by atoms with Crippen molar-refractivity contribution in [3.05, 3.63) is 65.2 Å². The maximum Gasteiger partial charge on any atom is 0.251 e. The van der Waals surface area contributed by atoms with Crippen LogP contribution in [0.25, 0.3) is 11.0 Å². The van der Waals surface area contributed by atoms with E-state index in [1.807, 2.05) is 24.3 Å². The molecule has 3 aromatic rings. The molecular formula is C16H14FN3O. The minimum absolute atomic E-state index is 0.251. The third-order valence-corrected chi connectivity index (χ3v) is 3.27. The van der Waals surface area contributed by atoms with Crippen molar-refractivity contribution in [1.29, 1.82) is 0 Å². The van der Waals surface area contributed by atoms with Crippen LogP contribution in [0, 0.1) is 12.7 Å². The largest absolute Gasteiger partial charge is 0.345 e. The van der Waals surface area contributed by atoms with Crippen LogP contribution in [0.4, 0.5) is 4.39 Å². The third-order valence-electron chi connectivity index (χ3n) is 3.27. The molecule has 0 aliphatic heterocycles. The highest BCUT2D eigenvalue weighted by Crippen LogP contribution is 2.11. The second-order valence-electron chi connectivity index (χ2n) is 4.85. The van der Waals surface area contributed by atoms with E-state index in [4.69, 9.17) is 0 Å². The number of H-pyrrole nitrogens is 1. The molecule has 0 saturated heterocycles. The second-order valence-corrected chi connectivity index (χ2v) is 4.85.